The second-order valence-electron chi connectivity index (χ2n) is 13.3. The number of rotatable bonds is 37. The number of unbranched alkanes of at least 4 members (excludes halogenated alkanes) is 19. The zero-order chi connectivity index (χ0) is 37.0. The molecule has 0 heterocycles. The molecule has 0 aromatic heterocycles. The molecule has 0 amide bonds. The van der Waals surface area contributed by atoms with Crippen LogP contribution in [-0.4, -0.2) is 65.7 Å². The molecule has 0 saturated heterocycles. The van der Waals surface area contributed by atoms with Crippen LogP contribution in [0.5, 0.6) is 0 Å². The van der Waals surface area contributed by atoms with Gasteiger partial charge in [0.1, 0.15) is 12.2 Å². The molecule has 0 aromatic rings. The number of aliphatic hydroxyl groups excluding tert-OH is 2. The van der Waals surface area contributed by atoms with E-state index in [9.17, 15) is 29.3 Å². The van der Waals surface area contributed by atoms with Crippen molar-refractivity contribution in [2.45, 2.75) is 187 Å². The molecule has 0 fully saturated rings. The van der Waals surface area contributed by atoms with Crippen LogP contribution in [-0.2, 0) is 32.7 Å². The van der Waals surface area contributed by atoms with Crippen LogP contribution in [0.4, 0.5) is 0 Å². The molecule has 0 spiro atoms. The molecular formula is C39H73O10P. The van der Waals surface area contributed by atoms with Crippen LogP contribution >= 0.6 is 7.82 Å². The van der Waals surface area contributed by atoms with Gasteiger partial charge in [-0.1, -0.05) is 141 Å². The summed E-state index contributed by atoms with van der Waals surface area (Å²) < 4.78 is 32.4. The minimum absolute atomic E-state index is 0.189. The van der Waals surface area contributed by atoms with E-state index in [1.54, 1.807) is 0 Å². The van der Waals surface area contributed by atoms with Crippen LogP contribution in [0.3, 0.4) is 0 Å². The van der Waals surface area contributed by atoms with E-state index in [1.807, 2.05) is 0 Å². The molecule has 0 aliphatic rings. The number of phosphoric acid groups is 1. The zero-order valence-corrected chi connectivity index (χ0v) is 32.5. The van der Waals surface area contributed by atoms with Crippen LogP contribution < -0.4 is 0 Å². The minimum atomic E-state index is -4.62. The maximum absolute atomic E-state index is 12.3. The lowest BCUT2D eigenvalue weighted by Gasteiger charge is -2.20. The SMILES string of the molecule is CCCCC/C=C\C/C=C\CCCCCCCCCCCC(=O)OC(CO)COP(=O)(O)OCC(CO)OC(=O)CCCCCCCCCC. The molecule has 3 atom stereocenters. The first-order valence-electron chi connectivity index (χ1n) is 19.8. The van der Waals surface area contributed by atoms with Crippen molar-refractivity contribution < 1.29 is 47.8 Å². The molecule has 0 saturated carbocycles. The van der Waals surface area contributed by atoms with Gasteiger partial charge in [0.05, 0.1) is 26.4 Å². The van der Waals surface area contributed by atoms with Gasteiger partial charge in [-0.2, -0.15) is 0 Å². The number of carbonyl (C=O) groups excluding carboxylic acids is 2. The van der Waals surface area contributed by atoms with Gasteiger partial charge in [-0.3, -0.25) is 18.6 Å². The van der Waals surface area contributed by atoms with Gasteiger partial charge in [0, 0.05) is 12.8 Å². The third-order valence-electron chi connectivity index (χ3n) is 8.42. The number of ether oxygens (including phenoxy) is 2. The number of carbonyl (C=O) groups is 2. The fourth-order valence-corrected chi connectivity index (χ4v) is 6.10. The molecule has 0 aliphatic carbocycles. The summed E-state index contributed by atoms with van der Waals surface area (Å²) in [6.07, 6.45) is 33.1. The maximum atomic E-state index is 12.3. The van der Waals surface area contributed by atoms with Crippen LogP contribution in [0.15, 0.2) is 24.3 Å². The molecule has 11 heteroatoms. The van der Waals surface area contributed by atoms with E-state index in [1.165, 1.54) is 83.5 Å². The van der Waals surface area contributed by atoms with Crippen LogP contribution in [0, 0.1) is 0 Å². The van der Waals surface area contributed by atoms with Gasteiger partial charge < -0.3 is 24.6 Å². The van der Waals surface area contributed by atoms with Gasteiger partial charge in [-0.15, -0.1) is 0 Å². The summed E-state index contributed by atoms with van der Waals surface area (Å²) in [7, 11) is -4.62. The summed E-state index contributed by atoms with van der Waals surface area (Å²) >= 11 is 0. The monoisotopic (exact) mass is 732 g/mol. The van der Waals surface area contributed by atoms with E-state index in [-0.39, 0.29) is 12.8 Å². The standard InChI is InChI=1S/C39H73O10P/c1-3-5-7-9-11-13-14-15-16-17-18-19-20-21-22-23-25-27-29-31-39(43)49-37(33-41)35-47-50(44,45)46-34-36(32-40)48-38(42)30-28-26-24-12-10-8-6-4-2/h11,13,15-16,36-37,40-41H,3-10,12,14,17-35H2,1-2H3,(H,44,45)/b13-11-,16-15-. The van der Waals surface area contributed by atoms with Crippen molar-refractivity contribution in [1.82, 2.24) is 0 Å². The Labute approximate surface area is 304 Å². The summed E-state index contributed by atoms with van der Waals surface area (Å²) in [6.45, 7) is 2.13. The van der Waals surface area contributed by atoms with E-state index >= 15 is 0 Å². The van der Waals surface area contributed by atoms with Crippen LogP contribution in [0.1, 0.15) is 174 Å². The molecule has 3 unspecified atom stereocenters. The van der Waals surface area contributed by atoms with Gasteiger partial charge in [0.25, 0.3) is 0 Å². The van der Waals surface area contributed by atoms with Gasteiger partial charge in [-0.05, 0) is 44.9 Å². The summed E-state index contributed by atoms with van der Waals surface area (Å²) in [5.74, 6) is -1.02. The van der Waals surface area contributed by atoms with Gasteiger partial charge in [0.2, 0.25) is 0 Å². The molecule has 0 bridgehead atoms. The average Bonchev–Trinajstić information content (AvgIpc) is 3.10. The summed E-state index contributed by atoms with van der Waals surface area (Å²) in [5, 5.41) is 19.0. The van der Waals surface area contributed by atoms with E-state index in [0.29, 0.717) is 12.8 Å². The number of phosphoric ester groups is 1. The molecule has 3 N–H and O–H groups in total. The Morgan fingerprint density at radius 2 is 0.880 bits per heavy atom. The second kappa shape index (κ2) is 35.8. The topological polar surface area (TPSA) is 149 Å². The third kappa shape index (κ3) is 33.6. The van der Waals surface area contributed by atoms with Crippen LogP contribution in [0.2, 0.25) is 0 Å². The highest BCUT2D eigenvalue weighted by Gasteiger charge is 2.27. The van der Waals surface area contributed by atoms with Gasteiger partial charge in [-0.25, -0.2) is 4.57 Å². The highest BCUT2D eigenvalue weighted by Crippen LogP contribution is 2.43. The van der Waals surface area contributed by atoms with Crippen molar-refractivity contribution in [3.63, 3.8) is 0 Å². The first-order chi connectivity index (χ1) is 24.3. The number of allylic oxidation sites excluding steroid dienone is 4. The maximum Gasteiger partial charge on any atom is 0.472 e. The first-order valence-corrected chi connectivity index (χ1v) is 21.3. The van der Waals surface area contributed by atoms with Gasteiger partial charge in [0.15, 0.2) is 0 Å². The predicted molar refractivity (Wildman–Crippen MR) is 201 cm³/mol. The normalized spacial score (nSPS) is 14.3. The molecule has 0 radical (unpaired) electrons. The third-order valence-corrected chi connectivity index (χ3v) is 9.37. The molecule has 10 nitrogen and oxygen atoms in total. The van der Waals surface area contributed by atoms with Crippen molar-refractivity contribution in [2.75, 3.05) is 26.4 Å². The fourth-order valence-electron chi connectivity index (χ4n) is 5.32. The first kappa shape index (κ1) is 48.5. The Bertz CT molecular complexity index is 894. The molecule has 0 rings (SSSR count). The predicted octanol–water partition coefficient (Wildman–Crippen LogP) is 9.83. The fraction of sp³-hybridized carbons (Fsp3) is 0.846. The Balaban J connectivity index is 3.91. The Morgan fingerprint density at radius 3 is 1.28 bits per heavy atom. The Hall–Kier alpha value is -1.55. The van der Waals surface area contributed by atoms with Gasteiger partial charge >= 0.3 is 19.8 Å². The summed E-state index contributed by atoms with van der Waals surface area (Å²) in [4.78, 5) is 34.3. The van der Waals surface area contributed by atoms with Crippen molar-refractivity contribution in [2.24, 2.45) is 0 Å². The number of hydrogen-bond donors (Lipinski definition) is 3. The Morgan fingerprint density at radius 1 is 0.540 bits per heavy atom. The lowest BCUT2D eigenvalue weighted by atomic mass is 10.1. The molecule has 294 valence electrons. The summed E-state index contributed by atoms with van der Waals surface area (Å²) in [6, 6.07) is 0. The molecule has 50 heavy (non-hydrogen) atoms. The van der Waals surface area contributed by atoms with E-state index < -0.39 is 58.4 Å². The number of aliphatic hydroxyl groups is 2. The van der Waals surface area contributed by atoms with Crippen LogP contribution in [0.25, 0.3) is 0 Å². The van der Waals surface area contributed by atoms with E-state index in [2.05, 4.69) is 38.2 Å². The lowest BCUT2D eigenvalue weighted by molar-refractivity contribution is -0.153. The largest absolute Gasteiger partial charge is 0.472 e. The smallest absolute Gasteiger partial charge is 0.457 e. The highest BCUT2D eigenvalue weighted by atomic mass is 31.2. The molecule has 0 aliphatic heterocycles. The quantitative estimate of drug-likeness (QED) is 0.0244. The second-order valence-corrected chi connectivity index (χ2v) is 14.7. The number of hydrogen-bond acceptors (Lipinski definition) is 9. The van der Waals surface area contributed by atoms with Crippen molar-refractivity contribution in [3.8, 4) is 0 Å². The highest BCUT2D eigenvalue weighted by molar-refractivity contribution is 7.47. The zero-order valence-electron chi connectivity index (χ0n) is 31.6. The lowest BCUT2D eigenvalue weighted by Crippen LogP contribution is -2.28. The van der Waals surface area contributed by atoms with E-state index in [4.69, 9.17) is 18.5 Å². The van der Waals surface area contributed by atoms with E-state index in [0.717, 1.165) is 51.4 Å². The van der Waals surface area contributed by atoms with Crippen molar-refractivity contribution in [1.29, 1.82) is 0 Å². The Kier molecular flexibility index (Phi) is 34.7. The molecule has 0 aromatic carbocycles. The summed E-state index contributed by atoms with van der Waals surface area (Å²) in [5.41, 5.74) is 0. The number of esters is 2. The molecular weight excluding hydrogens is 659 g/mol. The van der Waals surface area contributed by atoms with Crippen molar-refractivity contribution >= 4 is 19.8 Å². The average molecular weight is 733 g/mol. The van der Waals surface area contributed by atoms with Crippen molar-refractivity contribution in [3.05, 3.63) is 24.3 Å². The minimum Gasteiger partial charge on any atom is -0.457 e.